The maximum Gasteiger partial charge on any atom is 0.206 e. The lowest BCUT2D eigenvalue weighted by Gasteiger charge is -2.15. The van der Waals surface area contributed by atoms with Crippen LogP contribution in [0.4, 0.5) is 0 Å². The summed E-state index contributed by atoms with van der Waals surface area (Å²) >= 11 is 12.3. The molecule has 2 aromatic carbocycles. The minimum Gasteiger partial charge on any atom is -0.494 e. The van der Waals surface area contributed by atoms with Gasteiger partial charge in [0, 0.05) is 5.75 Å². The second kappa shape index (κ2) is 11.6. The number of ether oxygens (including phenoxy) is 2. The van der Waals surface area contributed by atoms with E-state index < -0.39 is 31.5 Å². The largest absolute Gasteiger partial charge is 0.494 e. The van der Waals surface area contributed by atoms with Crippen LogP contribution in [0.3, 0.4) is 0 Å². The number of benzene rings is 2. The summed E-state index contributed by atoms with van der Waals surface area (Å²) in [4.78, 5) is -0.0880. The molecule has 0 bridgehead atoms. The molecule has 0 aliphatic carbocycles. The minimum atomic E-state index is -3.91. The van der Waals surface area contributed by atoms with Crippen molar-refractivity contribution in [3.8, 4) is 11.5 Å². The molecule has 0 radical (unpaired) electrons. The summed E-state index contributed by atoms with van der Waals surface area (Å²) in [6, 6.07) is 8.42. The molecule has 0 saturated carbocycles. The van der Waals surface area contributed by atoms with Gasteiger partial charge in [0.2, 0.25) is 9.84 Å². The molecule has 7 nitrogen and oxygen atoms in total. The molecular formula is C21H26Cl2O7S2. The van der Waals surface area contributed by atoms with Gasteiger partial charge in [-0.1, -0.05) is 43.5 Å². The van der Waals surface area contributed by atoms with Gasteiger partial charge in [-0.3, -0.25) is 0 Å². The van der Waals surface area contributed by atoms with E-state index in [0.29, 0.717) is 12.4 Å². The van der Waals surface area contributed by atoms with Crippen LogP contribution < -0.4 is 9.47 Å². The molecule has 0 aliphatic rings. The lowest BCUT2D eigenvalue weighted by atomic mass is 10.3. The second-order valence-electron chi connectivity index (χ2n) is 7.06. The summed E-state index contributed by atoms with van der Waals surface area (Å²) in [5.74, 6) is -0.0476. The van der Waals surface area contributed by atoms with Gasteiger partial charge in [-0.05, 0) is 42.8 Å². The van der Waals surface area contributed by atoms with Crippen molar-refractivity contribution in [1.29, 1.82) is 0 Å². The predicted molar refractivity (Wildman–Crippen MR) is 125 cm³/mol. The number of sulfone groups is 2. The number of aliphatic hydroxyl groups excluding tert-OH is 1. The molecule has 32 heavy (non-hydrogen) atoms. The van der Waals surface area contributed by atoms with Gasteiger partial charge < -0.3 is 14.6 Å². The van der Waals surface area contributed by atoms with Gasteiger partial charge in [0.05, 0.1) is 32.2 Å². The smallest absolute Gasteiger partial charge is 0.206 e. The van der Waals surface area contributed by atoms with Gasteiger partial charge in [0.15, 0.2) is 15.6 Å². The SMILES string of the molecule is CCCCOc1ccc(S(=O)(=O)c2cc(Cl)c(OC[C@H](O)CS(=O)(=O)CC)c(Cl)c2)cc1. The number of hydrogen-bond donors (Lipinski definition) is 1. The van der Waals surface area contributed by atoms with E-state index in [-0.39, 0.29) is 37.9 Å². The maximum atomic E-state index is 13.0. The first-order chi connectivity index (χ1) is 15.0. The van der Waals surface area contributed by atoms with Crippen LogP contribution in [0.25, 0.3) is 0 Å². The van der Waals surface area contributed by atoms with E-state index in [1.54, 1.807) is 12.1 Å². The Hall–Kier alpha value is -1.52. The van der Waals surface area contributed by atoms with E-state index in [9.17, 15) is 21.9 Å². The van der Waals surface area contributed by atoms with Gasteiger partial charge in [-0.15, -0.1) is 0 Å². The van der Waals surface area contributed by atoms with Crippen LogP contribution >= 0.6 is 23.2 Å². The van der Waals surface area contributed by atoms with Crippen molar-refractivity contribution in [2.45, 2.75) is 42.6 Å². The van der Waals surface area contributed by atoms with Crippen molar-refractivity contribution in [1.82, 2.24) is 0 Å². The number of hydrogen-bond acceptors (Lipinski definition) is 7. The van der Waals surface area contributed by atoms with E-state index in [1.165, 1.54) is 31.2 Å². The van der Waals surface area contributed by atoms with E-state index in [2.05, 4.69) is 0 Å². The van der Waals surface area contributed by atoms with Crippen molar-refractivity contribution < 1.29 is 31.4 Å². The van der Waals surface area contributed by atoms with Gasteiger partial charge in [-0.2, -0.15) is 0 Å². The third-order valence-corrected chi connectivity index (χ3v) is 8.57. The number of halogens is 2. The molecule has 11 heteroatoms. The summed E-state index contributed by atoms with van der Waals surface area (Å²) in [7, 11) is -7.30. The van der Waals surface area contributed by atoms with E-state index in [4.69, 9.17) is 32.7 Å². The van der Waals surface area contributed by atoms with Crippen LogP contribution in [0.15, 0.2) is 46.2 Å². The van der Waals surface area contributed by atoms with E-state index >= 15 is 0 Å². The van der Waals surface area contributed by atoms with Crippen LogP contribution in [-0.2, 0) is 19.7 Å². The highest BCUT2D eigenvalue weighted by Gasteiger charge is 2.23. The average molecular weight is 525 g/mol. The van der Waals surface area contributed by atoms with Gasteiger partial charge in [0.1, 0.15) is 18.5 Å². The van der Waals surface area contributed by atoms with Crippen LogP contribution in [0, 0.1) is 0 Å². The van der Waals surface area contributed by atoms with Crippen molar-refractivity contribution >= 4 is 42.9 Å². The lowest BCUT2D eigenvalue weighted by Crippen LogP contribution is -2.28. The summed E-state index contributed by atoms with van der Waals surface area (Å²) in [6.07, 6.45) is 0.607. The highest BCUT2D eigenvalue weighted by atomic mass is 35.5. The minimum absolute atomic E-state index is 0.0418. The first kappa shape index (κ1) is 26.7. The fourth-order valence-electron chi connectivity index (χ4n) is 2.65. The standard InChI is InChI=1S/C21H26Cl2O7S2/c1-3-5-10-29-16-6-8-17(9-7-16)32(27,28)18-11-19(22)21(20(23)12-18)30-13-15(24)14-31(25,26)4-2/h6-9,11-12,15,24H,3-5,10,13-14H2,1-2H3/t15-/m0/s1. The fourth-order valence-corrected chi connectivity index (χ4v) is 5.61. The molecule has 2 aromatic rings. The molecule has 1 N–H and O–H groups in total. The zero-order valence-electron chi connectivity index (χ0n) is 17.8. The second-order valence-corrected chi connectivity index (χ2v) is 12.2. The molecule has 1 atom stereocenters. The average Bonchev–Trinajstić information content (AvgIpc) is 2.73. The quantitative estimate of drug-likeness (QED) is 0.415. The molecule has 0 saturated heterocycles. The van der Waals surface area contributed by atoms with Gasteiger partial charge >= 0.3 is 0 Å². The monoisotopic (exact) mass is 524 g/mol. The number of aliphatic hydroxyl groups is 1. The van der Waals surface area contributed by atoms with E-state index in [0.717, 1.165) is 12.8 Å². The maximum absolute atomic E-state index is 13.0. The van der Waals surface area contributed by atoms with Crippen molar-refractivity contribution in [3.05, 3.63) is 46.4 Å². The zero-order chi connectivity index (χ0) is 23.9. The Balaban J connectivity index is 2.17. The van der Waals surface area contributed by atoms with Crippen LogP contribution in [-0.4, -0.2) is 52.8 Å². The van der Waals surface area contributed by atoms with Crippen molar-refractivity contribution in [2.75, 3.05) is 24.7 Å². The molecular weight excluding hydrogens is 499 g/mol. The number of unbranched alkanes of at least 4 members (excludes halogenated alkanes) is 1. The lowest BCUT2D eigenvalue weighted by molar-refractivity contribution is 0.125. The molecule has 0 unspecified atom stereocenters. The summed E-state index contributed by atoms with van der Waals surface area (Å²) in [6.45, 7) is 3.70. The Kier molecular flexibility index (Phi) is 9.66. The summed E-state index contributed by atoms with van der Waals surface area (Å²) in [5.41, 5.74) is 0. The van der Waals surface area contributed by atoms with Crippen LogP contribution in [0.1, 0.15) is 26.7 Å². The summed E-state index contributed by atoms with van der Waals surface area (Å²) < 4.78 is 60.0. The molecule has 0 aliphatic heterocycles. The summed E-state index contributed by atoms with van der Waals surface area (Å²) in [5, 5.41) is 9.72. The normalized spacial score (nSPS) is 13.0. The van der Waals surface area contributed by atoms with E-state index in [1.807, 2.05) is 6.92 Å². The predicted octanol–water partition coefficient (Wildman–Crippen LogP) is 4.18. The molecule has 0 fully saturated rings. The first-order valence-corrected chi connectivity index (χ1v) is 14.0. The Bertz CT molecular complexity index is 1090. The highest BCUT2D eigenvalue weighted by Crippen LogP contribution is 2.37. The number of rotatable bonds is 12. The van der Waals surface area contributed by atoms with Gasteiger partial charge in [0.25, 0.3) is 0 Å². The molecule has 2 rings (SSSR count). The van der Waals surface area contributed by atoms with Crippen molar-refractivity contribution in [2.24, 2.45) is 0 Å². The Morgan fingerprint density at radius 2 is 1.53 bits per heavy atom. The van der Waals surface area contributed by atoms with Crippen LogP contribution in [0.5, 0.6) is 11.5 Å². The molecule has 0 spiro atoms. The topological polar surface area (TPSA) is 107 Å². The third kappa shape index (κ3) is 7.25. The van der Waals surface area contributed by atoms with Gasteiger partial charge in [-0.25, -0.2) is 16.8 Å². The third-order valence-electron chi connectivity index (χ3n) is 4.49. The van der Waals surface area contributed by atoms with Crippen molar-refractivity contribution in [3.63, 3.8) is 0 Å². The Morgan fingerprint density at radius 1 is 0.938 bits per heavy atom. The van der Waals surface area contributed by atoms with Crippen LogP contribution in [0.2, 0.25) is 10.0 Å². The fraction of sp³-hybridized carbons (Fsp3) is 0.429. The molecule has 0 aromatic heterocycles. The molecule has 0 amide bonds. The zero-order valence-corrected chi connectivity index (χ0v) is 20.9. The highest BCUT2D eigenvalue weighted by molar-refractivity contribution is 7.91. The molecule has 0 heterocycles. The molecule has 178 valence electrons. The Morgan fingerprint density at radius 3 is 2.06 bits per heavy atom. The first-order valence-electron chi connectivity index (χ1n) is 9.98. The Labute approximate surface area is 199 Å².